The van der Waals surface area contributed by atoms with Gasteiger partial charge in [0.25, 0.3) is 0 Å². The lowest BCUT2D eigenvalue weighted by molar-refractivity contribution is -0.137. The average molecular weight is 210 g/mol. The van der Waals surface area contributed by atoms with Gasteiger partial charge in [-0.15, -0.1) is 0 Å². The molecular formula is C13H22O2. The van der Waals surface area contributed by atoms with Crippen LogP contribution in [0.4, 0.5) is 0 Å². The van der Waals surface area contributed by atoms with E-state index in [-0.39, 0.29) is 5.97 Å². The third-order valence-electron chi connectivity index (χ3n) is 2.21. The van der Waals surface area contributed by atoms with Gasteiger partial charge in [-0.2, -0.15) is 0 Å². The molecule has 86 valence electrons. The van der Waals surface area contributed by atoms with Crippen LogP contribution in [-0.4, -0.2) is 12.6 Å². The Morgan fingerprint density at radius 3 is 2.60 bits per heavy atom. The summed E-state index contributed by atoms with van der Waals surface area (Å²) in [5.74, 6) is -0.226. The number of hydrogen-bond acceptors (Lipinski definition) is 2. The summed E-state index contributed by atoms with van der Waals surface area (Å²) in [6, 6.07) is 0. The zero-order valence-electron chi connectivity index (χ0n) is 10.1. The zero-order valence-corrected chi connectivity index (χ0v) is 10.1. The Kier molecular flexibility index (Phi) is 8.84. The maximum atomic E-state index is 11.2. The molecule has 0 aromatic rings. The first-order valence-corrected chi connectivity index (χ1v) is 5.67. The van der Waals surface area contributed by atoms with Gasteiger partial charge in [0.05, 0.1) is 0 Å². The van der Waals surface area contributed by atoms with Crippen LogP contribution in [0.15, 0.2) is 23.8 Å². The molecule has 2 nitrogen and oxygen atoms in total. The molecule has 0 spiro atoms. The fourth-order valence-corrected chi connectivity index (χ4v) is 1.05. The summed E-state index contributed by atoms with van der Waals surface area (Å²) >= 11 is 0. The predicted octanol–water partition coefficient (Wildman–Crippen LogP) is 3.63. The predicted molar refractivity (Wildman–Crippen MR) is 63.7 cm³/mol. The van der Waals surface area contributed by atoms with E-state index in [1.807, 2.05) is 13.0 Å². The maximum Gasteiger partial charge on any atom is 0.333 e. The van der Waals surface area contributed by atoms with Gasteiger partial charge in [-0.05, 0) is 26.7 Å². The van der Waals surface area contributed by atoms with Crippen LogP contribution in [-0.2, 0) is 9.53 Å². The molecule has 15 heavy (non-hydrogen) atoms. The number of carbonyl (C=O) groups excluding carboxylic acids is 1. The molecule has 0 rings (SSSR count). The fraction of sp³-hybridized carbons (Fsp3) is 0.615. The van der Waals surface area contributed by atoms with Crippen LogP contribution in [0.5, 0.6) is 0 Å². The Balaban J connectivity index is 3.49. The molecule has 0 amide bonds. The molecular weight excluding hydrogens is 188 g/mol. The van der Waals surface area contributed by atoms with E-state index in [2.05, 4.69) is 13.0 Å². The summed E-state index contributed by atoms with van der Waals surface area (Å²) in [7, 11) is 0. The number of ether oxygens (including phenoxy) is 1. The first-order chi connectivity index (χ1) is 7.22. The lowest BCUT2D eigenvalue weighted by atomic mass is 10.2. The van der Waals surface area contributed by atoms with Crippen LogP contribution in [0.2, 0.25) is 0 Å². The van der Waals surface area contributed by atoms with Gasteiger partial charge in [0.15, 0.2) is 0 Å². The van der Waals surface area contributed by atoms with Crippen molar-refractivity contribution in [2.24, 2.45) is 0 Å². The quantitative estimate of drug-likeness (QED) is 0.277. The van der Waals surface area contributed by atoms with Gasteiger partial charge in [-0.1, -0.05) is 38.0 Å². The molecule has 0 heterocycles. The fourth-order valence-electron chi connectivity index (χ4n) is 1.05. The van der Waals surface area contributed by atoms with Crippen molar-refractivity contribution in [3.05, 3.63) is 23.8 Å². The van der Waals surface area contributed by atoms with Crippen molar-refractivity contribution in [2.75, 3.05) is 6.61 Å². The van der Waals surface area contributed by atoms with Crippen LogP contribution in [0.3, 0.4) is 0 Å². The molecule has 0 aromatic heterocycles. The number of rotatable bonds is 7. The minimum atomic E-state index is -0.226. The topological polar surface area (TPSA) is 26.3 Å². The molecule has 0 fully saturated rings. The summed E-state index contributed by atoms with van der Waals surface area (Å²) < 4.78 is 5.01. The molecule has 0 saturated heterocycles. The summed E-state index contributed by atoms with van der Waals surface area (Å²) in [4.78, 5) is 11.2. The van der Waals surface area contributed by atoms with Gasteiger partial charge in [0, 0.05) is 5.57 Å². The molecule has 0 saturated carbocycles. The van der Waals surface area contributed by atoms with E-state index in [1.54, 1.807) is 13.0 Å². The Morgan fingerprint density at radius 2 is 2.00 bits per heavy atom. The highest BCUT2D eigenvalue weighted by Gasteiger charge is 2.01. The van der Waals surface area contributed by atoms with E-state index in [0.29, 0.717) is 12.2 Å². The largest absolute Gasteiger partial charge is 0.458 e. The van der Waals surface area contributed by atoms with Gasteiger partial charge >= 0.3 is 5.97 Å². The van der Waals surface area contributed by atoms with Crippen LogP contribution in [0.1, 0.15) is 46.5 Å². The molecule has 0 bridgehead atoms. The molecule has 0 radical (unpaired) electrons. The van der Waals surface area contributed by atoms with Gasteiger partial charge in [0.1, 0.15) is 6.61 Å². The lowest BCUT2D eigenvalue weighted by Crippen LogP contribution is -2.05. The number of hydrogen-bond donors (Lipinski definition) is 0. The second-order valence-corrected chi connectivity index (χ2v) is 3.54. The minimum Gasteiger partial charge on any atom is -0.458 e. The van der Waals surface area contributed by atoms with E-state index in [9.17, 15) is 4.79 Å². The molecule has 0 aliphatic carbocycles. The summed E-state index contributed by atoms with van der Waals surface area (Å²) in [5.41, 5.74) is 0.661. The van der Waals surface area contributed by atoms with E-state index in [1.165, 1.54) is 19.3 Å². The smallest absolute Gasteiger partial charge is 0.333 e. The first-order valence-electron chi connectivity index (χ1n) is 5.67. The highest BCUT2D eigenvalue weighted by atomic mass is 16.5. The lowest BCUT2D eigenvalue weighted by Gasteiger charge is -2.00. The number of unbranched alkanes of at least 4 members (excludes halogenated alkanes) is 3. The SMILES string of the molecule is C/C=C(\C)C(=O)OC/C=C/CCCCC. The van der Waals surface area contributed by atoms with Crippen LogP contribution >= 0.6 is 0 Å². The molecule has 0 aromatic carbocycles. The van der Waals surface area contributed by atoms with Crippen molar-refractivity contribution in [3.63, 3.8) is 0 Å². The van der Waals surface area contributed by atoms with E-state index in [4.69, 9.17) is 4.74 Å². The number of allylic oxidation sites excluding steroid dienone is 2. The molecule has 0 aliphatic heterocycles. The summed E-state index contributed by atoms with van der Waals surface area (Å²) in [5, 5.41) is 0. The normalized spacial score (nSPS) is 12.1. The Bertz CT molecular complexity index is 227. The van der Waals surface area contributed by atoms with E-state index in [0.717, 1.165) is 6.42 Å². The van der Waals surface area contributed by atoms with Gasteiger partial charge < -0.3 is 4.74 Å². The summed E-state index contributed by atoms with van der Waals surface area (Å²) in [6.07, 6.45) is 10.5. The average Bonchev–Trinajstić information content (AvgIpc) is 2.26. The highest BCUT2D eigenvalue weighted by molar-refractivity contribution is 5.87. The van der Waals surface area contributed by atoms with Crippen molar-refractivity contribution < 1.29 is 9.53 Å². The van der Waals surface area contributed by atoms with Crippen LogP contribution in [0.25, 0.3) is 0 Å². The Labute approximate surface area is 93.0 Å². The summed E-state index contributed by atoms with van der Waals surface area (Å²) in [6.45, 7) is 6.16. The van der Waals surface area contributed by atoms with Crippen LogP contribution in [0, 0.1) is 0 Å². The minimum absolute atomic E-state index is 0.226. The Hall–Kier alpha value is -1.05. The van der Waals surface area contributed by atoms with Gasteiger partial charge in [-0.25, -0.2) is 4.79 Å². The maximum absolute atomic E-state index is 11.2. The second kappa shape index (κ2) is 9.50. The molecule has 0 unspecified atom stereocenters. The van der Waals surface area contributed by atoms with E-state index >= 15 is 0 Å². The Morgan fingerprint density at radius 1 is 1.27 bits per heavy atom. The van der Waals surface area contributed by atoms with Crippen molar-refractivity contribution in [2.45, 2.75) is 46.5 Å². The third kappa shape index (κ3) is 7.98. The first kappa shape index (κ1) is 13.9. The van der Waals surface area contributed by atoms with E-state index < -0.39 is 0 Å². The highest BCUT2D eigenvalue weighted by Crippen LogP contribution is 2.00. The number of carbonyl (C=O) groups is 1. The third-order valence-corrected chi connectivity index (χ3v) is 2.21. The van der Waals surface area contributed by atoms with Gasteiger partial charge in [0.2, 0.25) is 0 Å². The molecule has 0 atom stereocenters. The van der Waals surface area contributed by atoms with Crippen molar-refractivity contribution in [3.8, 4) is 0 Å². The second-order valence-electron chi connectivity index (χ2n) is 3.54. The van der Waals surface area contributed by atoms with Crippen molar-refractivity contribution >= 4 is 5.97 Å². The molecule has 0 aliphatic rings. The molecule has 2 heteroatoms. The van der Waals surface area contributed by atoms with Gasteiger partial charge in [-0.3, -0.25) is 0 Å². The zero-order chi connectivity index (χ0) is 11.5. The number of esters is 1. The van der Waals surface area contributed by atoms with Crippen molar-refractivity contribution in [1.82, 2.24) is 0 Å². The molecule has 0 N–H and O–H groups in total. The standard InChI is InChI=1S/C13H22O2/c1-4-6-7-8-9-10-11-15-13(14)12(3)5-2/h5,9-10H,4,6-8,11H2,1-3H3/b10-9+,12-5+. The van der Waals surface area contributed by atoms with Crippen LogP contribution < -0.4 is 0 Å². The monoisotopic (exact) mass is 210 g/mol. The van der Waals surface area contributed by atoms with Crippen molar-refractivity contribution in [1.29, 1.82) is 0 Å².